The van der Waals surface area contributed by atoms with Crippen molar-refractivity contribution in [3.8, 4) is 0 Å². The average molecular weight is 413 g/mol. The maximum absolute atomic E-state index is 12.8. The molecule has 1 aliphatic carbocycles. The van der Waals surface area contributed by atoms with Crippen molar-refractivity contribution < 1.29 is 17.9 Å². The maximum Gasteiger partial charge on any atom is 0.282 e. The van der Waals surface area contributed by atoms with E-state index in [0.717, 1.165) is 25.7 Å². The van der Waals surface area contributed by atoms with Gasteiger partial charge in [0.25, 0.3) is 10.2 Å². The summed E-state index contributed by atoms with van der Waals surface area (Å²) >= 11 is 0. The molecule has 1 heterocycles. The molecule has 2 aliphatic rings. The number of hydrogen-bond donors (Lipinski definition) is 1. The van der Waals surface area contributed by atoms with Crippen molar-refractivity contribution in [1.82, 2.24) is 18.8 Å². The minimum atomic E-state index is -3.44. The Bertz CT molecular complexity index is 520. The van der Waals surface area contributed by atoms with E-state index in [1.54, 1.807) is 23.4 Å². The molecule has 10 heteroatoms. The zero-order valence-electron chi connectivity index (χ0n) is 15.9. The summed E-state index contributed by atoms with van der Waals surface area (Å²) in [4.78, 5) is 13.9. The lowest BCUT2D eigenvalue weighted by molar-refractivity contribution is -0.131. The van der Waals surface area contributed by atoms with Gasteiger partial charge >= 0.3 is 0 Å². The summed E-state index contributed by atoms with van der Waals surface area (Å²) in [6, 6.07) is 0.114. The Labute approximate surface area is 163 Å². The van der Waals surface area contributed by atoms with E-state index in [1.165, 1.54) is 10.7 Å². The number of amides is 1. The molecule has 1 amide bonds. The molecule has 1 N–H and O–H groups in total. The van der Waals surface area contributed by atoms with E-state index in [-0.39, 0.29) is 30.9 Å². The van der Waals surface area contributed by atoms with Crippen LogP contribution in [0.4, 0.5) is 0 Å². The van der Waals surface area contributed by atoms with Crippen molar-refractivity contribution in [2.75, 3.05) is 60.0 Å². The minimum Gasteiger partial charge on any atom is -0.383 e. The van der Waals surface area contributed by atoms with Crippen molar-refractivity contribution in [2.24, 2.45) is 0 Å². The third-order valence-corrected chi connectivity index (χ3v) is 7.17. The SMILES string of the molecule is COCCNCC(=O)N1CCN(S(=O)(=O)N(C)C2CCCCC2)CC1.Cl. The number of hydrogen-bond acceptors (Lipinski definition) is 5. The molecule has 0 aromatic heterocycles. The van der Waals surface area contributed by atoms with Crippen molar-refractivity contribution in [1.29, 1.82) is 0 Å². The molecule has 2 rings (SSSR count). The molecule has 2 fully saturated rings. The van der Waals surface area contributed by atoms with Crippen LogP contribution in [0, 0.1) is 0 Å². The fourth-order valence-electron chi connectivity index (χ4n) is 3.46. The predicted molar refractivity (Wildman–Crippen MR) is 104 cm³/mol. The zero-order chi connectivity index (χ0) is 18.3. The summed E-state index contributed by atoms with van der Waals surface area (Å²) in [6.07, 6.45) is 5.29. The van der Waals surface area contributed by atoms with Gasteiger partial charge in [0, 0.05) is 52.9 Å². The third kappa shape index (κ3) is 6.31. The molecule has 0 atom stereocenters. The van der Waals surface area contributed by atoms with Gasteiger partial charge in [-0.25, -0.2) is 0 Å². The van der Waals surface area contributed by atoms with E-state index in [1.807, 2.05) is 0 Å². The van der Waals surface area contributed by atoms with E-state index in [2.05, 4.69) is 5.32 Å². The predicted octanol–water partition coefficient (Wildman–Crippen LogP) is 0.298. The van der Waals surface area contributed by atoms with Crippen LogP contribution in [0.2, 0.25) is 0 Å². The van der Waals surface area contributed by atoms with Gasteiger partial charge in [-0.15, -0.1) is 12.4 Å². The van der Waals surface area contributed by atoms with Gasteiger partial charge in [0.05, 0.1) is 13.2 Å². The van der Waals surface area contributed by atoms with Crippen LogP contribution in [-0.2, 0) is 19.7 Å². The Balaban J connectivity index is 0.00000338. The first-order chi connectivity index (χ1) is 12.0. The second-order valence-corrected chi connectivity index (χ2v) is 8.75. The number of ether oxygens (including phenoxy) is 1. The van der Waals surface area contributed by atoms with Crippen LogP contribution in [0.25, 0.3) is 0 Å². The molecule has 26 heavy (non-hydrogen) atoms. The van der Waals surface area contributed by atoms with Crippen LogP contribution >= 0.6 is 12.4 Å². The second kappa shape index (κ2) is 11.4. The molecule has 8 nitrogen and oxygen atoms in total. The van der Waals surface area contributed by atoms with Gasteiger partial charge in [-0.2, -0.15) is 17.0 Å². The maximum atomic E-state index is 12.8. The van der Waals surface area contributed by atoms with Gasteiger partial charge in [-0.05, 0) is 12.8 Å². The average Bonchev–Trinajstić information content (AvgIpc) is 2.65. The molecule has 0 bridgehead atoms. The number of carbonyl (C=O) groups excluding carboxylic acids is 1. The highest BCUT2D eigenvalue weighted by atomic mass is 35.5. The Hall–Kier alpha value is -0.450. The summed E-state index contributed by atoms with van der Waals surface area (Å²) in [5, 5.41) is 3.03. The fourth-order valence-corrected chi connectivity index (χ4v) is 5.04. The van der Waals surface area contributed by atoms with Crippen molar-refractivity contribution in [2.45, 2.75) is 38.1 Å². The molecule has 0 radical (unpaired) electrons. The number of halogens is 1. The Morgan fingerprint density at radius 3 is 2.35 bits per heavy atom. The van der Waals surface area contributed by atoms with E-state index in [0.29, 0.717) is 39.3 Å². The lowest BCUT2D eigenvalue weighted by Gasteiger charge is -2.38. The highest BCUT2D eigenvalue weighted by molar-refractivity contribution is 7.86. The molecule has 1 aliphatic heterocycles. The second-order valence-electron chi connectivity index (χ2n) is 6.77. The van der Waals surface area contributed by atoms with Crippen LogP contribution in [0.15, 0.2) is 0 Å². The van der Waals surface area contributed by atoms with Crippen molar-refractivity contribution >= 4 is 28.5 Å². The Morgan fingerprint density at radius 1 is 1.15 bits per heavy atom. The highest BCUT2D eigenvalue weighted by Gasteiger charge is 2.35. The van der Waals surface area contributed by atoms with E-state index in [4.69, 9.17) is 4.74 Å². The van der Waals surface area contributed by atoms with Crippen LogP contribution in [-0.4, -0.2) is 93.9 Å². The van der Waals surface area contributed by atoms with Crippen LogP contribution in [0.5, 0.6) is 0 Å². The van der Waals surface area contributed by atoms with Gasteiger partial charge < -0.3 is 15.0 Å². The third-order valence-electron chi connectivity index (χ3n) is 5.13. The normalized spacial score (nSPS) is 20.2. The number of carbonyl (C=O) groups is 1. The molecular formula is C16H33ClN4O4S. The summed E-state index contributed by atoms with van der Waals surface area (Å²) in [6.45, 7) is 3.07. The lowest BCUT2D eigenvalue weighted by atomic mass is 9.96. The molecule has 1 saturated heterocycles. The molecule has 154 valence electrons. The molecule has 0 unspecified atom stereocenters. The zero-order valence-corrected chi connectivity index (χ0v) is 17.5. The topological polar surface area (TPSA) is 82.2 Å². The largest absolute Gasteiger partial charge is 0.383 e. The van der Waals surface area contributed by atoms with E-state index >= 15 is 0 Å². The van der Waals surface area contributed by atoms with Crippen LogP contribution in [0.3, 0.4) is 0 Å². The summed E-state index contributed by atoms with van der Waals surface area (Å²) in [5.74, 6) is 0.00814. The molecule has 1 saturated carbocycles. The van der Waals surface area contributed by atoms with Crippen molar-refractivity contribution in [3.63, 3.8) is 0 Å². The van der Waals surface area contributed by atoms with Gasteiger partial charge in [0.2, 0.25) is 5.91 Å². The first-order valence-corrected chi connectivity index (χ1v) is 10.6. The Kier molecular flexibility index (Phi) is 10.3. The highest BCUT2D eigenvalue weighted by Crippen LogP contribution is 2.25. The molecule has 0 aromatic carbocycles. The van der Waals surface area contributed by atoms with Gasteiger partial charge in [0.1, 0.15) is 0 Å². The van der Waals surface area contributed by atoms with Crippen LogP contribution < -0.4 is 5.32 Å². The summed E-state index contributed by atoms with van der Waals surface area (Å²) in [7, 11) is -0.123. The Morgan fingerprint density at radius 2 is 1.77 bits per heavy atom. The quantitative estimate of drug-likeness (QED) is 0.580. The van der Waals surface area contributed by atoms with Crippen molar-refractivity contribution in [3.05, 3.63) is 0 Å². The summed E-state index contributed by atoms with van der Waals surface area (Å²) < 4.78 is 33.7. The lowest BCUT2D eigenvalue weighted by Crippen LogP contribution is -2.56. The minimum absolute atomic E-state index is 0. The molecule has 0 aromatic rings. The fraction of sp³-hybridized carbons (Fsp3) is 0.938. The van der Waals surface area contributed by atoms with Crippen LogP contribution in [0.1, 0.15) is 32.1 Å². The number of rotatable bonds is 8. The van der Waals surface area contributed by atoms with E-state index < -0.39 is 10.2 Å². The number of methoxy groups -OCH3 is 1. The van der Waals surface area contributed by atoms with E-state index in [9.17, 15) is 13.2 Å². The van der Waals surface area contributed by atoms with Gasteiger partial charge in [0.15, 0.2) is 0 Å². The smallest absolute Gasteiger partial charge is 0.282 e. The number of nitrogens with zero attached hydrogens (tertiary/aromatic N) is 3. The van der Waals surface area contributed by atoms with Gasteiger partial charge in [-0.1, -0.05) is 19.3 Å². The summed E-state index contributed by atoms with van der Waals surface area (Å²) in [5.41, 5.74) is 0. The van der Waals surface area contributed by atoms with Gasteiger partial charge in [-0.3, -0.25) is 4.79 Å². The number of piperazine rings is 1. The monoisotopic (exact) mass is 412 g/mol. The first kappa shape index (κ1) is 23.6. The molecule has 0 spiro atoms. The molecular weight excluding hydrogens is 380 g/mol. The standard InChI is InChI=1S/C16H32N4O4S.ClH/c1-18(15-6-4-3-5-7-15)25(22,23)20-11-9-19(10-12-20)16(21)14-17-8-13-24-2;/h15,17H,3-14H2,1-2H3;1H. The first-order valence-electron chi connectivity index (χ1n) is 9.17. The number of nitrogens with one attached hydrogen (secondary N) is 1.